The van der Waals surface area contributed by atoms with Crippen LogP contribution in [0.25, 0.3) is 5.69 Å². The van der Waals surface area contributed by atoms with Gasteiger partial charge in [0.25, 0.3) is 5.56 Å². The van der Waals surface area contributed by atoms with Gasteiger partial charge in [0, 0.05) is 11.6 Å². The summed E-state index contributed by atoms with van der Waals surface area (Å²) in [6.07, 6.45) is -5.56. The quantitative estimate of drug-likeness (QED) is 0.314. The number of halogens is 5. The molecule has 1 heterocycles. The van der Waals surface area contributed by atoms with Crippen LogP contribution in [0.5, 0.6) is 0 Å². The fourth-order valence-electron chi connectivity index (χ4n) is 2.04. The fourth-order valence-corrected chi connectivity index (χ4v) is 2.24. The van der Waals surface area contributed by atoms with Gasteiger partial charge in [-0.25, -0.2) is 23.2 Å². The van der Waals surface area contributed by atoms with Crippen LogP contribution in [0.3, 0.4) is 0 Å². The minimum atomic E-state index is -5.10. The van der Waals surface area contributed by atoms with Gasteiger partial charge in [0.1, 0.15) is 5.82 Å². The molecule has 0 saturated heterocycles. The van der Waals surface area contributed by atoms with Gasteiger partial charge in [-0.15, -0.1) is 0 Å². The topological polar surface area (TPSA) is 129 Å². The lowest BCUT2D eigenvalue weighted by Crippen LogP contribution is -2.45. The highest BCUT2D eigenvalue weighted by atomic mass is 35.5. The van der Waals surface area contributed by atoms with E-state index >= 15 is 0 Å². The number of oxime groups is 1. The molecule has 0 spiro atoms. The van der Waals surface area contributed by atoms with E-state index in [0.29, 0.717) is 6.07 Å². The zero-order chi connectivity index (χ0) is 22.1. The Hall–Kier alpha value is -3.35. The van der Waals surface area contributed by atoms with Crippen LogP contribution < -0.4 is 17.1 Å². The lowest BCUT2D eigenvalue weighted by Gasteiger charge is -2.14. The number of carboxylic acids is 1. The first-order chi connectivity index (χ1) is 13.3. The Balaban J connectivity index is 2.61. The second kappa shape index (κ2) is 7.95. The molecule has 156 valence electrons. The number of benzene rings is 1. The molecule has 1 unspecified atom stereocenters. The summed E-state index contributed by atoms with van der Waals surface area (Å²) in [5.41, 5.74) is -5.77. The van der Waals surface area contributed by atoms with E-state index in [4.69, 9.17) is 22.6 Å². The molecule has 2 aromatic rings. The number of hydrogen-bond acceptors (Lipinski definition) is 6. The molecular weight excluding hydrogens is 428 g/mol. The largest absolute Gasteiger partial charge is 0.478 e. The van der Waals surface area contributed by atoms with Gasteiger partial charge in [-0.1, -0.05) is 16.8 Å². The Labute approximate surface area is 163 Å². The van der Waals surface area contributed by atoms with E-state index in [2.05, 4.69) is 9.99 Å². The number of aliphatic carboxylic acids is 1. The minimum Gasteiger partial charge on any atom is -0.478 e. The number of alkyl halides is 3. The van der Waals surface area contributed by atoms with Crippen molar-refractivity contribution in [3.8, 4) is 5.69 Å². The van der Waals surface area contributed by atoms with Gasteiger partial charge in [0.05, 0.1) is 16.9 Å². The molecule has 14 heteroatoms. The molecule has 0 saturated carbocycles. The van der Waals surface area contributed by atoms with Gasteiger partial charge in [0.2, 0.25) is 6.10 Å². The SMILES string of the molecule is CC(O/N=C/c1cc(-n2c(=O)cc(C(F)(F)F)n(N)c2=O)c(F)cc1Cl)C(=O)O. The number of nitrogens with zero attached hydrogens (tertiary/aromatic N) is 3. The van der Waals surface area contributed by atoms with E-state index in [0.717, 1.165) is 12.3 Å². The van der Waals surface area contributed by atoms with Crippen LogP contribution in [0.1, 0.15) is 18.2 Å². The second-order valence-corrected chi connectivity index (χ2v) is 5.91. The van der Waals surface area contributed by atoms with Crippen molar-refractivity contribution in [1.29, 1.82) is 0 Å². The molecule has 0 aliphatic heterocycles. The highest BCUT2D eigenvalue weighted by molar-refractivity contribution is 6.33. The number of carboxylic acid groups (broad SMARTS) is 1. The molecule has 1 aromatic heterocycles. The first-order valence-electron chi connectivity index (χ1n) is 7.47. The van der Waals surface area contributed by atoms with E-state index in [-0.39, 0.29) is 25.9 Å². The van der Waals surface area contributed by atoms with Crippen molar-refractivity contribution in [1.82, 2.24) is 9.24 Å². The van der Waals surface area contributed by atoms with Gasteiger partial charge in [-0.3, -0.25) is 4.79 Å². The van der Waals surface area contributed by atoms with Crippen LogP contribution in [-0.4, -0.2) is 32.6 Å². The van der Waals surface area contributed by atoms with E-state index in [1.165, 1.54) is 6.92 Å². The summed E-state index contributed by atoms with van der Waals surface area (Å²) in [6, 6.07) is 1.52. The summed E-state index contributed by atoms with van der Waals surface area (Å²) < 4.78 is 52.6. The Morgan fingerprint density at radius 2 is 1.97 bits per heavy atom. The number of rotatable bonds is 5. The van der Waals surface area contributed by atoms with Crippen LogP contribution in [0, 0.1) is 5.82 Å². The van der Waals surface area contributed by atoms with Crippen LogP contribution in [-0.2, 0) is 15.8 Å². The van der Waals surface area contributed by atoms with Gasteiger partial charge < -0.3 is 15.8 Å². The molecule has 9 nitrogen and oxygen atoms in total. The van der Waals surface area contributed by atoms with E-state index in [1.54, 1.807) is 0 Å². The Morgan fingerprint density at radius 1 is 1.34 bits per heavy atom. The summed E-state index contributed by atoms with van der Waals surface area (Å²) in [4.78, 5) is 39.5. The van der Waals surface area contributed by atoms with Gasteiger partial charge >= 0.3 is 17.8 Å². The molecule has 0 aliphatic rings. The van der Waals surface area contributed by atoms with Crippen LogP contribution in [0.15, 0.2) is 32.9 Å². The number of aromatic nitrogens is 2. The van der Waals surface area contributed by atoms with E-state index in [1.807, 2.05) is 0 Å². The molecule has 29 heavy (non-hydrogen) atoms. The number of nitrogens with two attached hydrogens (primary N) is 1. The predicted octanol–water partition coefficient (Wildman–Crippen LogP) is 1.35. The zero-order valence-electron chi connectivity index (χ0n) is 14.3. The average Bonchev–Trinajstić information content (AvgIpc) is 2.60. The molecule has 0 aliphatic carbocycles. The fraction of sp³-hybridized carbons (Fsp3) is 0.200. The van der Waals surface area contributed by atoms with Crippen LogP contribution >= 0.6 is 11.6 Å². The summed E-state index contributed by atoms with van der Waals surface area (Å²) in [5, 5.41) is 11.8. The molecule has 0 bridgehead atoms. The molecule has 0 amide bonds. The lowest BCUT2D eigenvalue weighted by molar-refractivity contribution is -0.149. The Kier molecular flexibility index (Phi) is 6.01. The highest BCUT2D eigenvalue weighted by Gasteiger charge is 2.36. The maximum absolute atomic E-state index is 14.3. The number of carbonyl (C=O) groups is 1. The van der Waals surface area contributed by atoms with E-state index in [9.17, 15) is 31.9 Å². The molecular formula is C15H11ClF4N4O5. The smallest absolute Gasteiger partial charge is 0.433 e. The Bertz CT molecular complexity index is 1110. The standard InChI is InChI=1S/C15H11ClF4N4O5/c1-6(13(26)27)29-22-5-7-2-10(9(17)3-8(7)16)23-12(25)4-11(15(18,19)20)24(21)14(23)28/h2-6H,21H2,1H3,(H,26,27)/b22-5+. The first-order valence-corrected chi connectivity index (χ1v) is 7.85. The third-order valence-corrected chi connectivity index (χ3v) is 3.82. The molecule has 1 atom stereocenters. The summed E-state index contributed by atoms with van der Waals surface area (Å²) in [5.74, 6) is 2.57. The average molecular weight is 439 g/mol. The third-order valence-electron chi connectivity index (χ3n) is 3.49. The monoisotopic (exact) mass is 438 g/mol. The predicted molar refractivity (Wildman–Crippen MR) is 92.2 cm³/mol. The molecule has 2 rings (SSSR count). The number of nitrogen functional groups attached to an aromatic ring is 1. The summed E-state index contributed by atoms with van der Waals surface area (Å²) in [7, 11) is 0. The Morgan fingerprint density at radius 3 is 2.52 bits per heavy atom. The van der Waals surface area contributed by atoms with Crippen molar-refractivity contribution >= 4 is 23.8 Å². The zero-order valence-corrected chi connectivity index (χ0v) is 15.0. The lowest BCUT2D eigenvalue weighted by atomic mass is 10.2. The summed E-state index contributed by atoms with van der Waals surface area (Å²) >= 11 is 5.82. The van der Waals surface area contributed by atoms with Crippen molar-refractivity contribution in [2.75, 3.05) is 5.84 Å². The maximum atomic E-state index is 14.3. The first kappa shape index (κ1) is 21.9. The minimum absolute atomic E-state index is 0.0286. The van der Waals surface area contributed by atoms with Crippen molar-refractivity contribution in [3.63, 3.8) is 0 Å². The van der Waals surface area contributed by atoms with Crippen molar-refractivity contribution in [2.45, 2.75) is 19.2 Å². The van der Waals surface area contributed by atoms with Crippen molar-refractivity contribution < 1.29 is 32.3 Å². The van der Waals surface area contributed by atoms with E-state index < -0.39 is 46.7 Å². The van der Waals surface area contributed by atoms with Crippen molar-refractivity contribution in [3.05, 3.63) is 61.1 Å². The van der Waals surface area contributed by atoms with Gasteiger partial charge in [0.15, 0.2) is 5.69 Å². The van der Waals surface area contributed by atoms with Gasteiger partial charge in [-0.05, 0) is 19.1 Å². The number of hydrogen-bond donors (Lipinski definition) is 2. The highest BCUT2D eigenvalue weighted by Crippen LogP contribution is 2.27. The van der Waals surface area contributed by atoms with Crippen LogP contribution in [0.2, 0.25) is 5.02 Å². The molecule has 0 radical (unpaired) electrons. The molecule has 0 fully saturated rings. The van der Waals surface area contributed by atoms with Crippen LogP contribution in [0.4, 0.5) is 17.6 Å². The van der Waals surface area contributed by atoms with Gasteiger partial charge in [-0.2, -0.15) is 13.2 Å². The second-order valence-electron chi connectivity index (χ2n) is 5.50. The third kappa shape index (κ3) is 4.56. The molecule has 1 aromatic carbocycles. The normalized spacial score (nSPS) is 12.9. The molecule has 3 N–H and O–H groups in total. The summed E-state index contributed by atoms with van der Waals surface area (Å²) in [6.45, 7) is 1.17. The maximum Gasteiger partial charge on any atom is 0.433 e. The van der Waals surface area contributed by atoms with Crippen molar-refractivity contribution in [2.24, 2.45) is 5.16 Å².